The van der Waals surface area contributed by atoms with E-state index in [2.05, 4.69) is 0 Å². The van der Waals surface area contributed by atoms with Gasteiger partial charge in [-0.05, 0) is 30.2 Å². The van der Waals surface area contributed by atoms with Crippen LogP contribution >= 0.6 is 0 Å². The molecule has 19 heavy (non-hydrogen) atoms. The number of Topliss-reactive ketones (excluding diaryl/α,β-unsaturated/α-hetero) is 1. The maximum Gasteiger partial charge on any atom is 0.161 e. The van der Waals surface area contributed by atoms with Gasteiger partial charge >= 0.3 is 0 Å². The van der Waals surface area contributed by atoms with Crippen molar-refractivity contribution in [2.75, 3.05) is 0 Å². The lowest BCUT2D eigenvalue weighted by Gasteiger charge is -2.23. The molecule has 2 aromatic rings. The van der Waals surface area contributed by atoms with Gasteiger partial charge in [0.05, 0.1) is 5.54 Å². The maximum atomic E-state index is 12.8. The largest absolute Gasteiger partial charge is 0.315 e. The Labute approximate surface area is 112 Å². The average Bonchev–Trinajstić information content (AvgIpc) is 2.42. The molecule has 0 aliphatic carbocycles. The van der Waals surface area contributed by atoms with Crippen LogP contribution in [0.5, 0.6) is 0 Å². The van der Waals surface area contributed by atoms with Gasteiger partial charge in [0.25, 0.3) is 0 Å². The highest BCUT2D eigenvalue weighted by atomic mass is 19.1. The predicted octanol–water partition coefficient (Wildman–Crippen LogP) is 2.81. The number of halogens is 1. The fraction of sp³-hybridized carbons (Fsp3) is 0.188. The lowest BCUT2D eigenvalue weighted by atomic mass is 9.86. The van der Waals surface area contributed by atoms with Crippen molar-refractivity contribution >= 4 is 5.78 Å². The van der Waals surface area contributed by atoms with Crippen LogP contribution in [-0.2, 0) is 16.8 Å². The van der Waals surface area contributed by atoms with Crippen LogP contribution in [0.2, 0.25) is 0 Å². The van der Waals surface area contributed by atoms with Gasteiger partial charge in [0.1, 0.15) is 5.82 Å². The van der Waals surface area contributed by atoms with Crippen LogP contribution in [0.3, 0.4) is 0 Å². The monoisotopic (exact) mass is 257 g/mol. The quantitative estimate of drug-likeness (QED) is 0.915. The van der Waals surface area contributed by atoms with E-state index >= 15 is 0 Å². The van der Waals surface area contributed by atoms with Crippen LogP contribution in [0.25, 0.3) is 0 Å². The number of ketones is 1. The molecule has 0 radical (unpaired) electrons. The van der Waals surface area contributed by atoms with Crippen LogP contribution in [-0.4, -0.2) is 5.78 Å². The van der Waals surface area contributed by atoms with Crippen molar-refractivity contribution in [1.82, 2.24) is 0 Å². The molecule has 0 saturated carbocycles. The fourth-order valence-corrected chi connectivity index (χ4v) is 1.92. The van der Waals surface area contributed by atoms with Gasteiger partial charge in [0, 0.05) is 6.42 Å². The summed E-state index contributed by atoms with van der Waals surface area (Å²) in [4.78, 5) is 12.3. The average molecular weight is 257 g/mol. The molecular weight excluding hydrogens is 241 g/mol. The molecular formula is C16H16FNO. The number of rotatable bonds is 4. The first-order valence-electron chi connectivity index (χ1n) is 6.12. The second-order valence-electron chi connectivity index (χ2n) is 4.79. The van der Waals surface area contributed by atoms with E-state index in [9.17, 15) is 9.18 Å². The third-order valence-corrected chi connectivity index (χ3v) is 3.23. The minimum absolute atomic E-state index is 0.0923. The molecule has 2 rings (SSSR count). The highest BCUT2D eigenvalue weighted by Crippen LogP contribution is 2.20. The Morgan fingerprint density at radius 2 is 1.68 bits per heavy atom. The highest BCUT2D eigenvalue weighted by Gasteiger charge is 2.29. The summed E-state index contributed by atoms with van der Waals surface area (Å²) in [6.07, 6.45) is 0.197. The number of carbonyl (C=O) groups excluding carboxylic acids is 1. The van der Waals surface area contributed by atoms with Gasteiger partial charge < -0.3 is 5.73 Å². The third-order valence-electron chi connectivity index (χ3n) is 3.23. The number of nitrogens with two attached hydrogens (primary N) is 1. The normalized spacial score (nSPS) is 13.8. The molecule has 0 aromatic heterocycles. The molecule has 0 aliphatic rings. The van der Waals surface area contributed by atoms with Crippen molar-refractivity contribution in [1.29, 1.82) is 0 Å². The molecule has 2 nitrogen and oxygen atoms in total. The van der Waals surface area contributed by atoms with Crippen LogP contribution in [0.1, 0.15) is 18.1 Å². The fourth-order valence-electron chi connectivity index (χ4n) is 1.92. The molecule has 0 aliphatic heterocycles. The summed E-state index contributed by atoms with van der Waals surface area (Å²) in [6.45, 7) is 1.70. The predicted molar refractivity (Wildman–Crippen MR) is 73.1 cm³/mol. The Bertz CT molecular complexity index is 561. The van der Waals surface area contributed by atoms with E-state index < -0.39 is 5.54 Å². The second kappa shape index (κ2) is 5.33. The zero-order valence-electron chi connectivity index (χ0n) is 10.8. The number of hydrogen-bond acceptors (Lipinski definition) is 2. The minimum atomic E-state index is -1.03. The SMILES string of the molecule is CC(N)(C(=O)Cc1ccc(F)cc1)c1ccccc1. The molecule has 0 amide bonds. The summed E-state index contributed by atoms with van der Waals surface area (Å²) in [7, 11) is 0. The molecule has 0 bridgehead atoms. The van der Waals surface area contributed by atoms with Gasteiger partial charge in [0.2, 0.25) is 0 Å². The summed E-state index contributed by atoms with van der Waals surface area (Å²) < 4.78 is 12.8. The van der Waals surface area contributed by atoms with Gasteiger partial charge in [-0.25, -0.2) is 4.39 Å². The molecule has 0 fully saturated rings. The van der Waals surface area contributed by atoms with Crippen LogP contribution < -0.4 is 5.73 Å². The topological polar surface area (TPSA) is 43.1 Å². The summed E-state index contributed by atoms with van der Waals surface area (Å²) in [5.74, 6) is -0.403. The first-order chi connectivity index (χ1) is 9.00. The zero-order valence-corrected chi connectivity index (χ0v) is 10.8. The van der Waals surface area contributed by atoms with E-state index in [0.717, 1.165) is 11.1 Å². The number of hydrogen-bond donors (Lipinski definition) is 1. The second-order valence-corrected chi connectivity index (χ2v) is 4.79. The molecule has 1 unspecified atom stereocenters. The van der Waals surface area contributed by atoms with Crippen molar-refractivity contribution in [3.8, 4) is 0 Å². The van der Waals surface area contributed by atoms with Crippen molar-refractivity contribution in [3.63, 3.8) is 0 Å². The van der Waals surface area contributed by atoms with E-state index in [4.69, 9.17) is 5.73 Å². The molecule has 0 spiro atoms. The number of carbonyl (C=O) groups is 1. The first-order valence-corrected chi connectivity index (χ1v) is 6.12. The molecule has 0 saturated heterocycles. The molecule has 98 valence electrons. The zero-order chi connectivity index (χ0) is 13.9. The van der Waals surface area contributed by atoms with E-state index in [1.54, 1.807) is 19.1 Å². The van der Waals surface area contributed by atoms with Crippen LogP contribution in [0, 0.1) is 5.82 Å². The summed E-state index contributed by atoms with van der Waals surface area (Å²) in [6, 6.07) is 15.2. The molecule has 2 N–H and O–H groups in total. The van der Waals surface area contributed by atoms with Crippen molar-refractivity contribution in [3.05, 3.63) is 71.5 Å². The summed E-state index contributed by atoms with van der Waals surface area (Å²) in [5.41, 5.74) is 6.65. The lowest BCUT2D eigenvalue weighted by Crippen LogP contribution is -2.42. The van der Waals surface area contributed by atoms with Crippen molar-refractivity contribution in [2.45, 2.75) is 18.9 Å². The third kappa shape index (κ3) is 3.06. The molecule has 1 atom stereocenters. The van der Waals surface area contributed by atoms with E-state index in [0.29, 0.717) is 0 Å². The lowest BCUT2D eigenvalue weighted by molar-refractivity contribution is -0.123. The van der Waals surface area contributed by atoms with Crippen LogP contribution in [0.4, 0.5) is 4.39 Å². The molecule has 3 heteroatoms. The van der Waals surface area contributed by atoms with E-state index in [-0.39, 0.29) is 18.0 Å². The summed E-state index contributed by atoms with van der Waals surface area (Å²) in [5, 5.41) is 0. The van der Waals surface area contributed by atoms with E-state index in [1.165, 1.54) is 12.1 Å². The van der Waals surface area contributed by atoms with Crippen LogP contribution in [0.15, 0.2) is 54.6 Å². The van der Waals surface area contributed by atoms with E-state index in [1.807, 2.05) is 30.3 Å². The minimum Gasteiger partial charge on any atom is -0.315 e. The first kappa shape index (κ1) is 13.4. The summed E-state index contributed by atoms with van der Waals surface area (Å²) >= 11 is 0. The standard InChI is InChI=1S/C16H16FNO/c1-16(18,13-5-3-2-4-6-13)15(19)11-12-7-9-14(17)10-8-12/h2-10H,11,18H2,1H3. The Hall–Kier alpha value is -2.00. The Morgan fingerprint density at radius 3 is 2.26 bits per heavy atom. The number of benzene rings is 2. The Kier molecular flexibility index (Phi) is 3.76. The van der Waals surface area contributed by atoms with Gasteiger partial charge in [-0.1, -0.05) is 42.5 Å². The van der Waals surface area contributed by atoms with Crippen molar-refractivity contribution in [2.24, 2.45) is 5.73 Å². The van der Waals surface area contributed by atoms with Gasteiger partial charge in [-0.2, -0.15) is 0 Å². The van der Waals surface area contributed by atoms with Gasteiger partial charge in [0.15, 0.2) is 5.78 Å². The molecule has 2 aromatic carbocycles. The highest BCUT2D eigenvalue weighted by molar-refractivity contribution is 5.90. The smallest absolute Gasteiger partial charge is 0.161 e. The Balaban J connectivity index is 2.17. The van der Waals surface area contributed by atoms with Crippen molar-refractivity contribution < 1.29 is 9.18 Å². The Morgan fingerprint density at radius 1 is 1.11 bits per heavy atom. The van der Waals surface area contributed by atoms with Gasteiger partial charge in [-0.15, -0.1) is 0 Å². The maximum absolute atomic E-state index is 12.8. The molecule has 0 heterocycles. The van der Waals surface area contributed by atoms with Gasteiger partial charge in [-0.3, -0.25) is 4.79 Å².